The maximum atomic E-state index is 2.77. The van der Waals surface area contributed by atoms with Crippen LogP contribution in [0.25, 0.3) is 0 Å². The van der Waals surface area contributed by atoms with Gasteiger partial charge in [0, 0.05) is 23.4 Å². The summed E-state index contributed by atoms with van der Waals surface area (Å²) in [5.74, 6) is 0. The minimum atomic E-state index is 0.103. The summed E-state index contributed by atoms with van der Waals surface area (Å²) in [6.07, 6.45) is 16.3. The molecule has 2 nitrogen and oxygen atoms in total. The Morgan fingerprint density at radius 2 is 1.23 bits per heavy atom. The van der Waals surface area contributed by atoms with E-state index in [0.29, 0.717) is 0 Å². The molecule has 1 aromatic rings. The van der Waals surface area contributed by atoms with E-state index in [9.17, 15) is 0 Å². The molecule has 2 fully saturated rings. The largest absolute Gasteiger partial charge is 0.351 e. The summed E-state index contributed by atoms with van der Waals surface area (Å²) in [6.45, 7) is 12.6. The van der Waals surface area contributed by atoms with Gasteiger partial charge in [-0.1, -0.05) is 64.1 Å². The van der Waals surface area contributed by atoms with E-state index in [1.807, 2.05) is 0 Å². The normalized spacial score (nSPS) is 21.9. The van der Waals surface area contributed by atoms with E-state index in [1.165, 1.54) is 104 Å². The highest BCUT2D eigenvalue weighted by molar-refractivity contribution is 7.59. The Balaban J connectivity index is 1.55. The zero-order valence-electron chi connectivity index (χ0n) is 20.1. The molecule has 0 saturated heterocycles. The number of aryl methyl sites for hydroxylation is 3. The molecule has 0 spiro atoms. The number of allylic oxidation sites excluding steroid dienone is 2. The first kappa shape index (κ1) is 22.2. The van der Waals surface area contributed by atoms with Crippen LogP contribution in [0.4, 0.5) is 5.69 Å². The number of nitrogens with zero attached hydrogens (tertiary/aromatic N) is 2. The van der Waals surface area contributed by atoms with Gasteiger partial charge in [0.2, 0.25) is 0 Å². The lowest BCUT2D eigenvalue weighted by Gasteiger charge is -2.41. The van der Waals surface area contributed by atoms with Crippen molar-refractivity contribution in [2.24, 2.45) is 0 Å². The van der Waals surface area contributed by atoms with E-state index in [-0.39, 0.29) is 7.92 Å². The molecule has 0 radical (unpaired) electrons. The molecule has 2 saturated carbocycles. The van der Waals surface area contributed by atoms with Crippen molar-refractivity contribution in [3.8, 4) is 0 Å². The molecule has 166 valence electrons. The predicted molar refractivity (Wildman–Crippen MR) is 134 cm³/mol. The van der Waals surface area contributed by atoms with Crippen LogP contribution in [0.3, 0.4) is 0 Å². The maximum absolute atomic E-state index is 2.77. The smallest absolute Gasteiger partial charge is 0.0950 e. The fourth-order valence-electron chi connectivity index (χ4n) is 6.35. The lowest BCUT2D eigenvalue weighted by atomic mass is 9.99. The van der Waals surface area contributed by atoms with Gasteiger partial charge in [-0.2, -0.15) is 0 Å². The van der Waals surface area contributed by atoms with Crippen molar-refractivity contribution in [2.75, 3.05) is 17.9 Å². The predicted octanol–water partition coefficient (Wildman–Crippen LogP) is 8.05. The van der Waals surface area contributed by atoms with E-state index in [2.05, 4.69) is 56.6 Å². The number of hydrogen-bond donors (Lipinski definition) is 0. The minimum Gasteiger partial charge on any atom is -0.351 e. The Labute approximate surface area is 186 Å². The van der Waals surface area contributed by atoms with Crippen LogP contribution in [-0.2, 0) is 0 Å². The molecule has 30 heavy (non-hydrogen) atoms. The standard InChI is InChI=1S/C27H43N2P/c1-20-16-21(2)27(22(3)17-20)29-18-28(23(4)24(29)5)19-30(25-12-8-6-9-13-25)26-14-10-7-11-15-26/h16-17,25-26H,6-15,18-19H2,1-5H3. The molecule has 1 heterocycles. The molecule has 0 bridgehead atoms. The number of benzene rings is 1. The fourth-order valence-corrected chi connectivity index (χ4v) is 10.2. The van der Waals surface area contributed by atoms with Crippen LogP contribution in [0.5, 0.6) is 0 Å². The topological polar surface area (TPSA) is 6.48 Å². The summed E-state index contributed by atoms with van der Waals surface area (Å²) in [5, 5.41) is 0. The molecule has 1 aromatic carbocycles. The van der Waals surface area contributed by atoms with Crippen LogP contribution in [0.1, 0.15) is 94.7 Å². The van der Waals surface area contributed by atoms with E-state index in [1.54, 1.807) is 0 Å². The molecular formula is C27H43N2P. The highest BCUT2D eigenvalue weighted by Gasteiger charge is 2.35. The zero-order chi connectivity index (χ0) is 21.3. The highest BCUT2D eigenvalue weighted by atomic mass is 31.1. The van der Waals surface area contributed by atoms with Gasteiger partial charge in [-0.25, -0.2) is 0 Å². The van der Waals surface area contributed by atoms with E-state index < -0.39 is 0 Å². The van der Waals surface area contributed by atoms with Gasteiger partial charge in [0.15, 0.2) is 0 Å². The van der Waals surface area contributed by atoms with Gasteiger partial charge in [0.05, 0.1) is 6.67 Å². The van der Waals surface area contributed by atoms with Crippen LogP contribution in [-0.4, -0.2) is 29.2 Å². The van der Waals surface area contributed by atoms with Crippen molar-refractivity contribution in [1.82, 2.24) is 4.90 Å². The Kier molecular flexibility index (Phi) is 7.13. The summed E-state index contributed by atoms with van der Waals surface area (Å²) >= 11 is 0. The second-order valence-electron chi connectivity index (χ2n) is 10.3. The number of rotatable bonds is 5. The van der Waals surface area contributed by atoms with Crippen molar-refractivity contribution in [1.29, 1.82) is 0 Å². The van der Waals surface area contributed by atoms with Crippen molar-refractivity contribution in [3.63, 3.8) is 0 Å². The van der Waals surface area contributed by atoms with Gasteiger partial charge in [0.1, 0.15) is 0 Å². The molecule has 0 unspecified atom stereocenters. The minimum absolute atomic E-state index is 0.103. The van der Waals surface area contributed by atoms with E-state index in [0.717, 1.165) is 18.0 Å². The van der Waals surface area contributed by atoms with E-state index in [4.69, 9.17) is 0 Å². The number of anilines is 1. The van der Waals surface area contributed by atoms with Gasteiger partial charge in [-0.15, -0.1) is 0 Å². The van der Waals surface area contributed by atoms with Crippen LogP contribution in [0.2, 0.25) is 0 Å². The lowest BCUT2D eigenvalue weighted by molar-refractivity contribution is 0.423. The third-order valence-electron chi connectivity index (χ3n) is 8.04. The summed E-state index contributed by atoms with van der Waals surface area (Å²) < 4.78 is 0. The first-order chi connectivity index (χ1) is 14.5. The van der Waals surface area contributed by atoms with E-state index >= 15 is 0 Å². The van der Waals surface area contributed by atoms with Gasteiger partial charge in [-0.3, -0.25) is 0 Å². The second kappa shape index (κ2) is 9.64. The highest BCUT2D eigenvalue weighted by Crippen LogP contribution is 2.56. The Morgan fingerprint density at radius 3 is 1.73 bits per heavy atom. The quantitative estimate of drug-likeness (QED) is 0.439. The Hall–Kier alpha value is -1.01. The van der Waals surface area contributed by atoms with Gasteiger partial charge in [0.25, 0.3) is 0 Å². The molecule has 0 amide bonds. The summed E-state index contributed by atoms with van der Waals surface area (Å²) in [4.78, 5) is 5.37. The summed E-state index contributed by atoms with van der Waals surface area (Å²) in [7, 11) is 0.103. The van der Waals surface area contributed by atoms with Gasteiger partial charge < -0.3 is 9.80 Å². The first-order valence-corrected chi connectivity index (χ1v) is 14.2. The number of hydrogen-bond acceptors (Lipinski definition) is 2. The molecular weight excluding hydrogens is 383 g/mol. The Morgan fingerprint density at radius 1 is 0.733 bits per heavy atom. The molecule has 2 aliphatic carbocycles. The SMILES string of the molecule is CC1=C(C)N(c2c(C)cc(C)cc2C)CN1CP(C1CCCCC1)C1CCCCC1. The lowest BCUT2D eigenvalue weighted by Crippen LogP contribution is -2.32. The third kappa shape index (κ3) is 4.59. The van der Waals surface area contributed by atoms with Crippen LogP contribution in [0, 0.1) is 20.8 Å². The summed E-state index contributed by atoms with van der Waals surface area (Å²) in [6, 6.07) is 4.70. The molecule has 0 atom stereocenters. The monoisotopic (exact) mass is 426 g/mol. The van der Waals surface area contributed by atoms with Crippen molar-refractivity contribution < 1.29 is 0 Å². The van der Waals surface area contributed by atoms with Crippen LogP contribution < -0.4 is 4.90 Å². The van der Waals surface area contributed by atoms with Crippen molar-refractivity contribution in [2.45, 2.75) is 110 Å². The van der Waals surface area contributed by atoms with Crippen LogP contribution in [0.15, 0.2) is 23.5 Å². The maximum Gasteiger partial charge on any atom is 0.0950 e. The van der Waals surface area contributed by atoms with Gasteiger partial charge >= 0.3 is 0 Å². The second-order valence-corrected chi connectivity index (χ2v) is 13.0. The summed E-state index contributed by atoms with van der Waals surface area (Å²) in [5.41, 5.74) is 10.7. The molecule has 1 aliphatic heterocycles. The van der Waals surface area contributed by atoms with Crippen LogP contribution >= 0.6 is 7.92 Å². The first-order valence-electron chi connectivity index (χ1n) is 12.5. The molecule has 0 aromatic heterocycles. The average molecular weight is 427 g/mol. The Bertz CT molecular complexity index is 730. The van der Waals surface area contributed by atoms with Crippen molar-refractivity contribution >= 4 is 13.6 Å². The third-order valence-corrected chi connectivity index (χ3v) is 11.6. The molecule has 3 aliphatic rings. The molecule has 4 rings (SSSR count). The fraction of sp³-hybridized carbons (Fsp3) is 0.704. The molecule has 0 N–H and O–H groups in total. The van der Waals surface area contributed by atoms with Crippen molar-refractivity contribution in [3.05, 3.63) is 40.2 Å². The zero-order valence-corrected chi connectivity index (χ0v) is 21.0. The van der Waals surface area contributed by atoms with Gasteiger partial charge in [-0.05, 0) is 82.7 Å². The molecule has 3 heteroatoms. The average Bonchev–Trinajstić information content (AvgIpc) is 3.01.